The molecule has 1 aliphatic heterocycles. The van der Waals surface area contributed by atoms with E-state index in [4.69, 9.17) is 4.52 Å². The van der Waals surface area contributed by atoms with Crippen LogP contribution >= 0.6 is 0 Å². The lowest BCUT2D eigenvalue weighted by molar-refractivity contribution is -0.132. The first-order valence-electron chi connectivity index (χ1n) is 9.39. The molecule has 0 aliphatic carbocycles. The first-order valence-corrected chi connectivity index (χ1v) is 9.39. The van der Waals surface area contributed by atoms with Gasteiger partial charge < -0.3 is 14.4 Å². The Bertz CT molecular complexity index is 998. The molecule has 0 saturated carbocycles. The van der Waals surface area contributed by atoms with E-state index >= 15 is 0 Å². The second-order valence-electron chi connectivity index (χ2n) is 6.89. The molecule has 28 heavy (non-hydrogen) atoms. The molecule has 1 N–H and O–H groups in total. The maximum atomic E-state index is 12.6. The smallest absolute Gasteiger partial charge is 0.250 e. The minimum Gasteiger partial charge on any atom is -0.342 e. The van der Waals surface area contributed by atoms with Gasteiger partial charge in [0.15, 0.2) is 0 Å². The van der Waals surface area contributed by atoms with Gasteiger partial charge in [0, 0.05) is 43.5 Å². The predicted octanol–water partition coefficient (Wildman–Crippen LogP) is 2.16. The van der Waals surface area contributed by atoms with Crippen molar-refractivity contribution in [1.29, 1.82) is 0 Å². The first kappa shape index (κ1) is 18.1. The lowest BCUT2D eigenvalue weighted by Gasteiger charge is -2.32. The van der Waals surface area contributed by atoms with Crippen LogP contribution in [-0.4, -0.2) is 44.0 Å². The maximum absolute atomic E-state index is 12.6. The number of rotatable bonds is 5. The Balaban J connectivity index is 1.35. The molecule has 8 heteroatoms. The summed E-state index contributed by atoms with van der Waals surface area (Å²) in [5.74, 6) is 1.13. The standard InChI is InChI=1S/C20H21N5O3/c26-17-11-16(21-13-22-17)15-7-4-10-25(12-15)19(27)9-8-18-23-20(24-28-18)14-5-2-1-3-6-14/h1-3,5-6,11,13,15H,4,7-10,12H2,(H,21,22,26)/t15-/m1/s1. The lowest BCUT2D eigenvalue weighted by atomic mass is 9.94. The number of nitrogens with zero attached hydrogens (tertiary/aromatic N) is 4. The van der Waals surface area contributed by atoms with Gasteiger partial charge in [0.25, 0.3) is 5.56 Å². The number of benzene rings is 1. The molecule has 1 fully saturated rings. The van der Waals surface area contributed by atoms with Gasteiger partial charge in [-0.25, -0.2) is 4.98 Å². The highest BCUT2D eigenvalue weighted by atomic mass is 16.5. The Labute approximate surface area is 161 Å². The third-order valence-electron chi connectivity index (χ3n) is 4.94. The van der Waals surface area contributed by atoms with Crippen LogP contribution in [-0.2, 0) is 11.2 Å². The van der Waals surface area contributed by atoms with Crippen molar-refractivity contribution in [1.82, 2.24) is 25.0 Å². The number of likely N-dealkylation sites (tertiary alicyclic amines) is 1. The number of nitrogens with one attached hydrogen (secondary N) is 1. The second-order valence-corrected chi connectivity index (χ2v) is 6.89. The normalized spacial score (nSPS) is 16.9. The van der Waals surface area contributed by atoms with Crippen molar-refractivity contribution < 1.29 is 9.32 Å². The molecule has 2 aromatic heterocycles. The number of H-pyrrole nitrogens is 1. The van der Waals surface area contributed by atoms with Crippen LogP contribution in [0.5, 0.6) is 0 Å². The van der Waals surface area contributed by atoms with Crippen molar-refractivity contribution in [2.24, 2.45) is 0 Å². The molecule has 3 heterocycles. The van der Waals surface area contributed by atoms with E-state index in [1.807, 2.05) is 35.2 Å². The van der Waals surface area contributed by atoms with Gasteiger partial charge in [-0.15, -0.1) is 0 Å². The lowest BCUT2D eigenvalue weighted by Crippen LogP contribution is -2.39. The SMILES string of the molecule is O=C(CCc1nc(-c2ccccc2)no1)N1CCC[C@@H](c2cc(=O)[nH]cn2)C1. The fourth-order valence-corrected chi connectivity index (χ4v) is 3.48. The zero-order chi connectivity index (χ0) is 19.3. The van der Waals surface area contributed by atoms with E-state index < -0.39 is 0 Å². The van der Waals surface area contributed by atoms with E-state index in [-0.39, 0.29) is 17.4 Å². The summed E-state index contributed by atoms with van der Waals surface area (Å²) in [7, 11) is 0. The van der Waals surface area contributed by atoms with Crippen molar-refractivity contribution in [3.05, 3.63) is 64.7 Å². The third-order valence-corrected chi connectivity index (χ3v) is 4.94. The van der Waals surface area contributed by atoms with Crippen LogP contribution in [0.2, 0.25) is 0 Å². The topological polar surface area (TPSA) is 105 Å². The monoisotopic (exact) mass is 379 g/mol. The number of hydrogen-bond donors (Lipinski definition) is 1. The highest BCUT2D eigenvalue weighted by Gasteiger charge is 2.26. The molecule has 1 atom stereocenters. The average Bonchev–Trinajstić information content (AvgIpc) is 3.22. The van der Waals surface area contributed by atoms with Crippen LogP contribution in [0.1, 0.15) is 36.8 Å². The van der Waals surface area contributed by atoms with Gasteiger partial charge in [-0.1, -0.05) is 35.5 Å². The van der Waals surface area contributed by atoms with E-state index in [1.165, 1.54) is 12.4 Å². The van der Waals surface area contributed by atoms with Crippen LogP contribution in [0.25, 0.3) is 11.4 Å². The molecule has 1 amide bonds. The summed E-state index contributed by atoms with van der Waals surface area (Å²) in [4.78, 5) is 37.1. The molecule has 3 aromatic rings. The van der Waals surface area contributed by atoms with Crippen LogP contribution in [0.4, 0.5) is 0 Å². The summed E-state index contributed by atoms with van der Waals surface area (Å²) in [6, 6.07) is 11.1. The van der Waals surface area contributed by atoms with Crippen LogP contribution in [0.3, 0.4) is 0 Å². The molecule has 4 rings (SSSR count). The Morgan fingerprint density at radius 3 is 2.96 bits per heavy atom. The van der Waals surface area contributed by atoms with Gasteiger partial charge in [-0.05, 0) is 12.8 Å². The number of amides is 1. The molecule has 1 aromatic carbocycles. The number of carbonyl (C=O) groups excluding carboxylic acids is 1. The average molecular weight is 379 g/mol. The summed E-state index contributed by atoms with van der Waals surface area (Å²) < 4.78 is 5.28. The summed E-state index contributed by atoms with van der Waals surface area (Å²) in [6.07, 6.45) is 3.95. The molecule has 0 bridgehead atoms. The van der Waals surface area contributed by atoms with Gasteiger partial charge in [-0.2, -0.15) is 4.98 Å². The number of piperidine rings is 1. The van der Waals surface area contributed by atoms with Crippen molar-refractivity contribution in [3.63, 3.8) is 0 Å². The minimum absolute atomic E-state index is 0.0500. The number of aryl methyl sites for hydroxylation is 1. The molecular weight excluding hydrogens is 358 g/mol. The Kier molecular flexibility index (Phi) is 5.27. The zero-order valence-corrected chi connectivity index (χ0v) is 15.4. The fourth-order valence-electron chi connectivity index (χ4n) is 3.48. The Morgan fingerprint density at radius 2 is 2.14 bits per heavy atom. The van der Waals surface area contributed by atoms with Crippen LogP contribution < -0.4 is 5.56 Å². The van der Waals surface area contributed by atoms with E-state index in [0.717, 1.165) is 30.6 Å². The maximum Gasteiger partial charge on any atom is 0.250 e. The molecule has 144 valence electrons. The highest BCUT2D eigenvalue weighted by Crippen LogP contribution is 2.25. The molecule has 0 spiro atoms. The fraction of sp³-hybridized carbons (Fsp3) is 0.350. The van der Waals surface area contributed by atoms with Crippen molar-refractivity contribution >= 4 is 5.91 Å². The van der Waals surface area contributed by atoms with Gasteiger partial charge >= 0.3 is 0 Å². The van der Waals surface area contributed by atoms with Gasteiger partial charge in [0.05, 0.1) is 12.0 Å². The number of aromatic nitrogens is 4. The molecule has 1 aliphatic rings. The van der Waals surface area contributed by atoms with E-state index in [9.17, 15) is 9.59 Å². The number of hydrogen-bond acceptors (Lipinski definition) is 6. The van der Waals surface area contributed by atoms with Gasteiger partial charge in [0.1, 0.15) is 0 Å². The summed E-state index contributed by atoms with van der Waals surface area (Å²) in [6.45, 7) is 1.30. The van der Waals surface area contributed by atoms with Crippen molar-refractivity contribution in [3.8, 4) is 11.4 Å². The molecule has 1 saturated heterocycles. The Morgan fingerprint density at radius 1 is 1.29 bits per heavy atom. The molecule has 8 nitrogen and oxygen atoms in total. The van der Waals surface area contributed by atoms with E-state index in [0.29, 0.717) is 31.1 Å². The zero-order valence-electron chi connectivity index (χ0n) is 15.4. The van der Waals surface area contributed by atoms with Gasteiger partial charge in [0.2, 0.25) is 17.6 Å². The predicted molar refractivity (Wildman–Crippen MR) is 101 cm³/mol. The molecular formula is C20H21N5O3. The third kappa shape index (κ3) is 4.16. The second kappa shape index (κ2) is 8.16. The van der Waals surface area contributed by atoms with Gasteiger partial charge in [-0.3, -0.25) is 9.59 Å². The Hall–Kier alpha value is -3.29. The van der Waals surface area contributed by atoms with Crippen LogP contribution in [0.15, 0.2) is 52.0 Å². The van der Waals surface area contributed by atoms with Crippen LogP contribution in [0, 0.1) is 0 Å². The largest absolute Gasteiger partial charge is 0.342 e. The van der Waals surface area contributed by atoms with E-state index in [2.05, 4.69) is 20.1 Å². The van der Waals surface area contributed by atoms with Crippen molar-refractivity contribution in [2.45, 2.75) is 31.6 Å². The summed E-state index contributed by atoms with van der Waals surface area (Å²) >= 11 is 0. The molecule has 0 unspecified atom stereocenters. The minimum atomic E-state index is -0.168. The molecule has 0 radical (unpaired) electrons. The summed E-state index contributed by atoms with van der Waals surface area (Å²) in [5.41, 5.74) is 1.46. The number of carbonyl (C=O) groups is 1. The van der Waals surface area contributed by atoms with E-state index in [1.54, 1.807) is 0 Å². The first-order chi connectivity index (χ1) is 13.7. The highest BCUT2D eigenvalue weighted by molar-refractivity contribution is 5.76. The quantitative estimate of drug-likeness (QED) is 0.728. The van der Waals surface area contributed by atoms with Crippen molar-refractivity contribution in [2.75, 3.05) is 13.1 Å². The number of aromatic amines is 1. The summed E-state index contributed by atoms with van der Waals surface area (Å²) in [5, 5.41) is 3.99.